The first-order valence-electron chi connectivity index (χ1n) is 11.3. The van der Waals surface area contributed by atoms with Crippen LogP contribution >= 0.6 is 23.2 Å². The molecule has 0 unspecified atom stereocenters. The lowest BCUT2D eigenvalue weighted by Crippen LogP contribution is -2.02. The first kappa shape index (κ1) is 24.4. The largest absolute Gasteiger partial charge is 0.478 e. The van der Waals surface area contributed by atoms with E-state index in [0.717, 1.165) is 33.6 Å². The summed E-state index contributed by atoms with van der Waals surface area (Å²) in [5.41, 5.74) is 5.66. The Balaban J connectivity index is 1.46. The van der Waals surface area contributed by atoms with Gasteiger partial charge in [0, 0.05) is 41.3 Å². The summed E-state index contributed by atoms with van der Waals surface area (Å²) in [6.07, 6.45) is 10.9. The smallest absolute Gasteiger partial charge is 0.335 e. The maximum atomic E-state index is 11.2. The molecule has 2 aromatic heterocycles. The Kier molecular flexibility index (Phi) is 7.12. The molecule has 0 amide bonds. The maximum Gasteiger partial charge on any atom is 0.335 e. The molecule has 3 aromatic carbocycles. The lowest BCUT2D eigenvalue weighted by molar-refractivity contribution is 0.0697. The van der Waals surface area contributed by atoms with E-state index in [1.54, 1.807) is 48.8 Å². The van der Waals surface area contributed by atoms with E-state index >= 15 is 0 Å². The van der Waals surface area contributed by atoms with E-state index in [4.69, 9.17) is 28.2 Å². The topological polar surface area (TPSA) is 80.9 Å². The van der Waals surface area contributed by atoms with Gasteiger partial charge >= 0.3 is 5.97 Å². The molecule has 2 heterocycles. The van der Waals surface area contributed by atoms with Gasteiger partial charge < -0.3 is 9.67 Å². The molecule has 0 saturated carbocycles. The number of carboxylic acid groups (broad SMARTS) is 1. The van der Waals surface area contributed by atoms with E-state index in [0.29, 0.717) is 22.3 Å². The van der Waals surface area contributed by atoms with E-state index in [9.17, 15) is 9.90 Å². The Morgan fingerprint density at radius 3 is 2.30 bits per heavy atom. The number of rotatable bonds is 7. The molecular weight excluding hydrogens is 507 g/mol. The maximum absolute atomic E-state index is 11.2. The molecule has 0 saturated heterocycles. The highest BCUT2D eigenvalue weighted by Crippen LogP contribution is 2.30. The van der Waals surface area contributed by atoms with Gasteiger partial charge in [-0.15, -0.1) is 0 Å². The summed E-state index contributed by atoms with van der Waals surface area (Å²) >= 11 is 12.5. The molecule has 0 radical (unpaired) electrons. The van der Waals surface area contributed by atoms with E-state index < -0.39 is 5.97 Å². The molecule has 0 aliphatic carbocycles. The normalized spacial score (nSPS) is 11.2. The first-order valence-corrected chi connectivity index (χ1v) is 12.1. The van der Waals surface area contributed by atoms with Crippen LogP contribution in [0.1, 0.15) is 27.3 Å². The molecule has 0 spiro atoms. The summed E-state index contributed by atoms with van der Waals surface area (Å²) in [6, 6.07) is 20.2. The number of imidazole rings is 1. The van der Waals surface area contributed by atoms with Crippen LogP contribution < -0.4 is 0 Å². The Morgan fingerprint density at radius 2 is 1.62 bits per heavy atom. The van der Waals surface area contributed by atoms with Gasteiger partial charge in [0.1, 0.15) is 12.2 Å². The fourth-order valence-electron chi connectivity index (χ4n) is 3.87. The van der Waals surface area contributed by atoms with Crippen LogP contribution in [0.5, 0.6) is 0 Å². The molecule has 0 aliphatic rings. The van der Waals surface area contributed by atoms with Crippen LogP contribution in [0.25, 0.3) is 34.5 Å². The molecule has 8 heteroatoms. The van der Waals surface area contributed by atoms with Crippen LogP contribution in [0.2, 0.25) is 10.0 Å². The molecular formula is C29H20Cl2N4O2. The summed E-state index contributed by atoms with van der Waals surface area (Å²) in [7, 11) is 0. The number of halogens is 2. The lowest BCUT2D eigenvalue weighted by atomic mass is 10.1. The molecule has 37 heavy (non-hydrogen) atoms. The Labute approximate surface area is 223 Å². The first-order chi connectivity index (χ1) is 18.0. The molecule has 0 atom stereocenters. The van der Waals surface area contributed by atoms with Gasteiger partial charge in [-0.2, -0.15) is 0 Å². The molecule has 0 fully saturated rings. The third kappa shape index (κ3) is 5.77. The van der Waals surface area contributed by atoms with Crippen molar-refractivity contribution in [2.45, 2.75) is 6.54 Å². The summed E-state index contributed by atoms with van der Waals surface area (Å²) in [5, 5.41) is 10.3. The summed E-state index contributed by atoms with van der Waals surface area (Å²) in [5.74, 6) is -0.229. The number of aromatic nitrogens is 4. The third-order valence-electron chi connectivity index (χ3n) is 5.80. The average Bonchev–Trinajstić information content (AvgIpc) is 3.30. The summed E-state index contributed by atoms with van der Waals surface area (Å²) < 4.78 is 2.00. The lowest BCUT2D eigenvalue weighted by Gasteiger charge is -2.06. The predicted octanol–water partition coefficient (Wildman–Crippen LogP) is 7.23. The monoisotopic (exact) mass is 526 g/mol. The number of carboxylic acids is 1. The van der Waals surface area contributed by atoms with Gasteiger partial charge in [-0.1, -0.05) is 65.7 Å². The van der Waals surface area contributed by atoms with Crippen LogP contribution in [0, 0.1) is 0 Å². The quantitative estimate of drug-likeness (QED) is 0.242. The highest BCUT2D eigenvalue weighted by molar-refractivity contribution is 6.36. The number of hydrogen-bond acceptors (Lipinski definition) is 4. The molecule has 1 N–H and O–H groups in total. The van der Waals surface area contributed by atoms with Crippen LogP contribution in [0.15, 0.2) is 91.6 Å². The molecule has 0 aliphatic heterocycles. The van der Waals surface area contributed by atoms with Crippen molar-refractivity contribution in [1.82, 2.24) is 19.5 Å². The van der Waals surface area contributed by atoms with Crippen molar-refractivity contribution in [3.63, 3.8) is 0 Å². The Bertz CT molecular complexity index is 1580. The zero-order valence-corrected chi connectivity index (χ0v) is 20.9. The molecule has 0 bridgehead atoms. The number of carbonyl (C=O) groups is 1. The zero-order valence-electron chi connectivity index (χ0n) is 19.4. The van der Waals surface area contributed by atoms with Gasteiger partial charge in [0.15, 0.2) is 0 Å². The standard InChI is InChI=1S/C29H20Cl2N4O2/c30-24-10-11-25(26(31)13-24)27-17-35(16-20-3-8-22(9-4-20)29(36)37)28(34-27)12-5-19-1-6-21(7-2-19)23-14-32-18-33-15-23/h1-15,17-18H,16H2,(H,36,37). The Hall–Kier alpha value is -4.26. The highest BCUT2D eigenvalue weighted by atomic mass is 35.5. The fourth-order valence-corrected chi connectivity index (χ4v) is 4.38. The van der Waals surface area contributed by atoms with E-state index in [1.807, 2.05) is 53.2 Å². The van der Waals surface area contributed by atoms with E-state index in [1.165, 1.54) is 6.33 Å². The number of hydrogen-bond donors (Lipinski definition) is 1. The zero-order chi connectivity index (χ0) is 25.8. The van der Waals surface area contributed by atoms with Crippen molar-refractivity contribution < 1.29 is 9.90 Å². The summed E-state index contributed by atoms with van der Waals surface area (Å²) in [6.45, 7) is 0.505. The minimum atomic E-state index is -0.955. The predicted molar refractivity (Wildman–Crippen MR) is 147 cm³/mol. The van der Waals surface area contributed by atoms with Gasteiger partial charge in [0.2, 0.25) is 0 Å². The second-order valence-electron chi connectivity index (χ2n) is 8.32. The van der Waals surface area contributed by atoms with Crippen LogP contribution in [-0.2, 0) is 6.54 Å². The number of aromatic carboxylic acids is 1. The fraction of sp³-hybridized carbons (Fsp3) is 0.0345. The second-order valence-corrected chi connectivity index (χ2v) is 9.16. The minimum Gasteiger partial charge on any atom is -0.478 e. The molecule has 5 rings (SSSR count). The number of nitrogens with zero attached hydrogens (tertiary/aromatic N) is 4. The van der Waals surface area contributed by atoms with Crippen molar-refractivity contribution in [2.24, 2.45) is 0 Å². The van der Waals surface area contributed by atoms with Crippen molar-refractivity contribution in [1.29, 1.82) is 0 Å². The van der Waals surface area contributed by atoms with Crippen LogP contribution in [0.3, 0.4) is 0 Å². The van der Waals surface area contributed by atoms with Crippen LogP contribution in [-0.4, -0.2) is 30.6 Å². The van der Waals surface area contributed by atoms with Gasteiger partial charge in [-0.05, 0) is 53.1 Å². The molecule has 182 valence electrons. The second kappa shape index (κ2) is 10.8. The van der Waals surface area contributed by atoms with Gasteiger partial charge in [-0.25, -0.2) is 19.7 Å². The van der Waals surface area contributed by atoms with Crippen molar-refractivity contribution in [3.8, 4) is 22.4 Å². The van der Waals surface area contributed by atoms with E-state index in [2.05, 4.69) is 9.97 Å². The van der Waals surface area contributed by atoms with Gasteiger partial charge in [0.05, 0.1) is 16.3 Å². The van der Waals surface area contributed by atoms with Crippen LogP contribution in [0.4, 0.5) is 0 Å². The third-order valence-corrected chi connectivity index (χ3v) is 6.35. The van der Waals surface area contributed by atoms with Gasteiger partial charge in [-0.3, -0.25) is 0 Å². The van der Waals surface area contributed by atoms with Gasteiger partial charge in [0.25, 0.3) is 0 Å². The number of benzene rings is 3. The average molecular weight is 527 g/mol. The Morgan fingerprint density at radius 1 is 0.892 bits per heavy atom. The van der Waals surface area contributed by atoms with Crippen molar-refractivity contribution in [2.75, 3.05) is 0 Å². The highest BCUT2D eigenvalue weighted by Gasteiger charge is 2.12. The molecule has 5 aromatic rings. The van der Waals surface area contributed by atoms with Crippen molar-refractivity contribution >= 4 is 41.3 Å². The van der Waals surface area contributed by atoms with Crippen molar-refractivity contribution in [3.05, 3.63) is 124 Å². The SMILES string of the molecule is O=C(O)c1ccc(Cn2cc(-c3ccc(Cl)cc3Cl)nc2C=Cc2ccc(-c3cncnc3)cc2)cc1. The minimum absolute atomic E-state index is 0.244. The van der Waals surface area contributed by atoms with E-state index in [-0.39, 0.29) is 5.56 Å². The summed E-state index contributed by atoms with van der Waals surface area (Å²) in [4.78, 5) is 24.2. The molecule has 6 nitrogen and oxygen atoms in total.